The maximum atomic E-state index is 13.3. The molecule has 0 bridgehead atoms. The van der Waals surface area contributed by atoms with Crippen molar-refractivity contribution < 1.29 is 29.4 Å². The van der Waals surface area contributed by atoms with E-state index < -0.39 is 42.0 Å². The molecule has 1 aromatic carbocycles. The summed E-state index contributed by atoms with van der Waals surface area (Å²) in [7, 11) is 0. The number of benzene rings is 1. The zero-order valence-corrected chi connectivity index (χ0v) is 22.6. The normalized spacial score (nSPS) is 16.9. The van der Waals surface area contributed by atoms with Gasteiger partial charge >= 0.3 is 5.97 Å². The molecule has 4 unspecified atom stereocenters. The number of phenolic OH excluding ortho intramolecular Hbond substituents is 1. The number of aliphatic imine (C=N–C) groups is 1. The van der Waals surface area contributed by atoms with Crippen LogP contribution in [-0.2, 0) is 25.6 Å². The number of hydrogen-bond acceptors (Lipinski definition) is 8. The highest BCUT2D eigenvalue weighted by Gasteiger charge is 2.37. The van der Waals surface area contributed by atoms with E-state index in [0.29, 0.717) is 50.8 Å². The zero-order chi connectivity index (χ0) is 29.7. The summed E-state index contributed by atoms with van der Waals surface area (Å²) >= 11 is 0. The van der Waals surface area contributed by atoms with Crippen LogP contribution in [0.4, 0.5) is 0 Å². The van der Waals surface area contributed by atoms with Crippen LogP contribution in [0.25, 0.3) is 0 Å². The first-order valence-corrected chi connectivity index (χ1v) is 13.5. The number of hydrogen-bond donors (Lipinski definition) is 8. The second-order valence-electron chi connectivity index (χ2n) is 9.86. The van der Waals surface area contributed by atoms with Crippen molar-refractivity contribution in [3.8, 4) is 5.75 Å². The van der Waals surface area contributed by atoms with Gasteiger partial charge in [0.05, 0.1) is 6.04 Å². The molecule has 1 aliphatic rings. The fourth-order valence-electron chi connectivity index (χ4n) is 4.53. The highest BCUT2D eigenvalue weighted by Crippen LogP contribution is 2.20. The van der Waals surface area contributed by atoms with Gasteiger partial charge in [-0.05, 0) is 62.8 Å². The third-order valence-electron chi connectivity index (χ3n) is 6.69. The molecule has 1 aliphatic heterocycles. The number of aromatic hydroxyl groups is 1. The van der Waals surface area contributed by atoms with E-state index in [0.717, 1.165) is 6.42 Å². The minimum Gasteiger partial charge on any atom is -0.508 e. The predicted octanol–water partition coefficient (Wildman–Crippen LogP) is -1.51. The van der Waals surface area contributed by atoms with Gasteiger partial charge in [0, 0.05) is 19.5 Å². The van der Waals surface area contributed by atoms with Gasteiger partial charge in [0.15, 0.2) is 5.96 Å². The topological polar surface area (TPSA) is 252 Å². The number of carboxylic acid groups (broad SMARTS) is 1. The predicted molar refractivity (Wildman–Crippen MR) is 149 cm³/mol. The Labute approximate surface area is 233 Å². The van der Waals surface area contributed by atoms with Crippen LogP contribution >= 0.6 is 0 Å². The van der Waals surface area contributed by atoms with Gasteiger partial charge in [-0.3, -0.25) is 19.4 Å². The van der Waals surface area contributed by atoms with Crippen LogP contribution in [0.15, 0.2) is 29.3 Å². The minimum atomic E-state index is -1.29. The van der Waals surface area contributed by atoms with E-state index in [1.54, 1.807) is 12.1 Å². The van der Waals surface area contributed by atoms with E-state index in [9.17, 15) is 29.4 Å². The molecule has 12 N–H and O–H groups in total. The van der Waals surface area contributed by atoms with Crippen molar-refractivity contribution >= 4 is 29.7 Å². The van der Waals surface area contributed by atoms with E-state index in [1.807, 2.05) is 0 Å². The van der Waals surface area contributed by atoms with E-state index in [4.69, 9.17) is 22.9 Å². The Kier molecular flexibility index (Phi) is 13.1. The van der Waals surface area contributed by atoms with Crippen molar-refractivity contribution in [2.75, 3.05) is 19.6 Å². The van der Waals surface area contributed by atoms with Gasteiger partial charge < -0.3 is 48.7 Å². The number of rotatable bonds is 16. The standard InChI is InChI=1S/C26H42N8O6/c27-12-2-1-5-18(28)24(38)34-14-4-7-21(34)23(37)32-19(6-3-13-31-26(29)30)22(36)33-20(25(39)40)15-16-8-10-17(35)11-9-16/h8-11,18-21,35H,1-7,12-15,27-28H2,(H,32,37)(H,33,36)(H,39,40)(H4,29,30,31). The second-order valence-corrected chi connectivity index (χ2v) is 9.86. The number of carbonyl (C=O) groups excluding carboxylic acids is 3. The van der Waals surface area contributed by atoms with Gasteiger partial charge in [-0.15, -0.1) is 0 Å². The molecule has 1 saturated heterocycles. The molecule has 0 aromatic heterocycles. The fraction of sp³-hybridized carbons (Fsp3) is 0.577. The molecule has 1 heterocycles. The molecule has 0 radical (unpaired) electrons. The molecule has 2 rings (SSSR count). The Morgan fingerprint density at radius 2 is 1.73 bits per heavy atom. The smallest absolute Gasteiger partial charge is 0.326 e. The van der Waals surface area contributed by atoms with Crippen molar-refractivity contribution in [1.29, 1.82) is 0 Å². The molecule has 0 spiro atoms. The largest absolute Gasteiger partial charge is 0.508 e. The van der Waals surface area contributed by atoms with Crippen LogP contribution in [0.2, 0.25) is 0 Å². The van der Waals surface area contributed by atoms with Crippen molar-refractivity contribution in [3.63, 3.8) is 0 Å². The SMILES string of the molecule is NCCCCC(N)C(=O)N1CCCC1C(=O)NC(CCCN=C(N)N)C(=O)NC(Cc1ccc(O)cc1)C(=O)O. The minimum absolute atomic E-state index is 0.0270. The Bertz CT molecular complexity index is 1030. The van der Waals surface area contributed by atoms with Crippen LogP contribution in [0.3, 0.4) is 0 Å². The lowest BCUT2D eigenvalue weighted by atomic mass is 10.0. The van der Waals surface area contributed by atoms with E-state index >= 15 is 0 Å². The number of aliphatic carboxylic acids is 1. The summed E-state index contributed by atoms with van der Waals surface area (Å²) in [6.45, 7) is 1.07. The number of nitrogens with two attached hydrogens (primary N) is 4. The number of unbranched alkanes of at least 4 members (excludes halogenated alkanes) is 1. The Hall–Kier alpha value is -3.91. The highest BCUT2D eigenvalue weighted by molar-refractivity contribution is 5.94. The van der Waals surface area contributed by atoms with Gasteiger partial charge in [0.25, 0.3) is 0 Å². The van der Waals surface area contributed by atoms with Gasteiger partial charge in [0.1, 0.15) is 23.9 Å². The quantitative estimate of drug-likeness (QED) is 0.0656. The average Bonchev–Trinajstić information content (AvgIpc) is 3.40. The molecule has 4 atom stereocenters. The summed E-state index contributed by atoms with van der Waals surface area (Å²) < 4.78 is 0. The Morgan fingerprint density at radius 3 is 2.35 bits per heavy atom. The van der Waals surface area contributed by atoms with Gasteiger partial charge in [-0.25, -0.2) is 4.79 Å². The monoisotopic (exact) mass is 562 g/mol. The van der Waals surface area contributed by atoms with E-state index in [2.05, 4.69) is 15.6 Å². The molecule has 1 fully saturated rings. The summed E-state index contributed by atoms with van der Waals surface area (Å²) in [4.78, 5) is 56.7. The van der Waals surface area contributed by atoms with Crippen molar-refractivity contribution in [3.05, 3.63) is 29.8 Å². The van der Waals surface area contributed by atoms with Crippen LogP contribution in [0, 0.1) is 0 Å². The number of carbonyl (C=O) groups is 4. The Morgan fingerprint density at radius 1 is 1.02 bits per heavy atom. The zero-order valence-electron chi connectivity index (χ0n) is 22.6. The van der Waals surface area contributed by atoms with Crippen molar-refractivity contribution in [1.82, 2.24) is 15.5 Å². The molecule has 14 heteroatoms. The second kappa shape index (κ2) is 16.3. The number of guanidine groups is 1. The first-order chi connectivity index (χ1) is 19.0. The number of nitrogens with one attached hydrogen (secondary N) is 2. The summed E-state index contributed by atoms with van der Waals surface area (Å²) in [5.41, 5.74) is 22.9. The first-order valence-electron chi connectivity index (χ1n) is 13.5. The lowest BCUT2D eigenvalue weighted by Crippen LogP contribution is -2.56. The van der Waals surface area contributed by atoms with Gasteiger partial charge in [-0.2, -0.15) is 0 Å². The molecule has 40 heavy (non-hydrogen) atoms. The average molecular weight is 563 g/mol. The molecule has 3 amide bonds. The summed E-state index contributed by atoms with van der Waals surface area (Å²) in [6, 6.07) is 2.01. The van der Waals surface area contributed by atoms with Crippen molar-refractivity contribution in [2.24, 2.45) is 27.9 Å². The third kappa shape index (κ3) is 10.3. The van der Waals surface area contributed by atoms with Crippen LogP contribution in [-0.4, -0.2) is 88.6 Å². The summed E-state index contributed by atoms with van der Waals surface area (Å²) in [5.74, 6) is -2.90. The number of amides is 3. The molecular weight excluding hydrogens is 520 g/mol. The molecule has 0 saturated carbocycles. The van der Waals surface area contributed by atoms with Crippen LogP contribution in [0.5, 0.6) is 5.75 Å². The lowest BCUT2D eigenvalue weighted by molar-refractivity contribution is -0.143. The highest BCUT2D eigenvalue weighted by atomic mass is 16.4. The van der Waals surface area contributed by atoms with Crippen molar-refractivity contribution in [2.45, 2.75) is 75.5 Å². The van der Waals surface area contributed by atoms with Gasteiger partial charge in [-0.1, -0.05) is 18.6 Å². The molecule has 0 aliphatic carbocycles. The van der Waals surface area contributed by atoms with Crippen LogP contribution < -0.4 is 33.6 Å². The molecule has 222 valence electrons. The lowest BCUT2D eigenvalue weighted by Gasteiger charge is -2.28. The Balaban J connectivity index is 2.12. The van der Waals surface area contributed by atoms with E-state index in [-0.39, 0.29) is 37.0 Å². The molecule has 1 aromatic rings. The number of nitrogens with zero attached hydrogens (tertiary/aromatic N) is 2. The summed E-state index contributed by atoms with van der Waals surface area (Å²) in [6.07, 6.45) is 3.32. The molecule has 14 nitrogen and oxygen atoms in total. The maximum absolute atomic E-state index is 13.3. The molecular formula is C26H42N8O6. The number of likely N-dealkylation sites (tertiary alicyclic amines) is 1. The van der Waals surface area contributed by atoms with Crippen LogP contribution in [0.1, 0.15) is 50.5 Å². The number of phenols is 1. The third-order valence-corrected chi connectivity index (χ3v) is 6.69. The number of carboxylic acids is 1. The first kappa shape index (κ1) is 32.3. The fourth-order valence-corrected chi connectivity index (χ4v) is 4.53. The van der Waals surface area contributed by atoms with E-state index in [1.165, 1.54) is 17.0 Å². The maximum Gasteiger partial charge on any atom is 0.326 e. The van der Waals surface area contributed by atoms with Gasteiger partial charge in [0.2, 0.25) is 17.7 Å². The summed E-state index contributed by atoms with van der Waals surface area (Å²) in [5, 5.41) is 24.4.